The predicted octanol–water partition coefficient (Wildman–Crippen LogP) is 5.26. The van der Waals surface area contributed by atoms with Gasteiger partial charge in [-0.15, -0.1) is 0 Å². The van der Waals surface area contributed by atoms with Gasteiger partial charge in [-0.1, -0.05) is 45.4 Å². The summed E-state index contributed by atoms with van der Waals surface area (Å²) in [6.07, 6.45) is 0. The summed E-state index contributed by atoms with van der Waals surface area (Å²) in [6, 6.07) is 22.1. The molecule has 32 heavy (non-hydrogen) atoms. The maximum absolute atomic E-state index is 13.1. The van der Waals surface area contributed by atoms with Crippen LogP contribution < -0.4 is 10.3 Å². The lowest BCUT2D eigenvalue weighted by atomic mass is 10.1. The third kappa shape index (κ3) is 3.69. The smallest absolute Gasteiger partial charge is 0.279 e. The SMILES string of the molecule is CCOc1ccc(-c2noc(-c3nn(-c4cccc(Br)c4)c(=O)c4ccccc34)n2)cc1. The second-order valence-corrected chi connectivity index (χ2v) is 7.89. The highest BCUT2D eigenvalue weighted by atomic mass is 79.9. The largest absolute Gasteiger partial charge is 0.494 e. The van der Waals surface area contributed by atoms with Gasteiger partial charge in [0.15, 0.2) is 5.69 Å². The predicted molar refractivity (Wildman–Crippen MR) is 125 cm³/mol. The molecule has 158 valence electrons. The van der Waals surface area contributed by atoms with Crippen molar-refractivity contribution in [3.63, 3.8) is 0 Å². The number of hydrogen-bond acceptors (Lipinski definition) is 6. The number of fused-ring (bicyclic) bond motifs is 1. The summed E-state index contributed by atoms with van der Waals surface area (Å²) < 4.78 is 13.2. The van der Waals surface area contributed by atoms with E-state index in [1.165, 1.54) is 4.68 Å². The molecule has 0 N–H and O–H groups in total. The van der Waals surface area contributed by atoms with Crippen molar-refractivity contribution < 1.29 is 9.26 Å². The highest BCUT2D eigenvalue weighted by Crippen LogP contribution is 2.27. The van der Waals surface area contributed by atoms with Crippen LogP contribution >= 0.6 is 15.9 Å². The van der Waals surface area contributed by atoms with E-state index in [1.54, 1.807) is 6.07 Å². The highest BCUT2D eigenvalue weighted by molar-refractivity contribution is 9.10. The highest BCUT2D eigenvalue weighted by Gasteiger charge is 2.19. The molecule has 0 aliphatic rings. The third-order valence-corrected chi connectivity index (χ3v) is 5.40. The number of benzene rings is 3. The molecule has 0 spiro atoms. The van der Waals surface area contributed by atoms with Crippen LogP contribution in [0, 0.1) is 0 Å². The van der Waals surface area contributed by atoms with Gasteiger partial charge in [-0.2, -0.15) is 14.8 Å². The standard InChI is InChI=1S/C24H17BrN4O3/c1-2-31-18-12-10-15(11-13-18)22-26-23(32-28-22)21-19-8-3-4-9-20(19)24(30)29(27-21)17-7-5-6-16(25)14-17/h3-14H,2H2,1H3. The zero-order valence-corrected chi connectivity index (χ0v) is 18.6. The van der Waals surface area contributed by atoms with Gasteiger partial charge in [-0.3, -0.25) is 4.79 Å². The Hall–Kier alpha value is -3.78. The van der Waals surface area contributed by atoms with Crippen LogP contribution in [0.3, 0.4) is 0 Å². The van der Waals surface area contributed by atoms with Gasteiger partial charge in [0.2, 0.25) is 5.82 Å². The zero-order chi connectivity index (χ0) is 22.1. The van der Waals surface area contributed by atoms with Gasteiger partial charge < -0.3 is 9.26 Å². The summed E-state index contributed by atoms with van der Waals surface area (Å²) in [5.74, 6) is 1.43. The van der Waals surface area contributed by atoms with Crippen LogP contribution in [0.25, 0.3) is 39.4 Å². The molecule has 7 nitrogen and oxygen atoms in total. The lowest BCUT2D eigenvalue weighted by Crippen LogP contribution is -2.22. The minimum Gasteiger partial charge on any atom is -0.494 e. The van der Waals surface area contributed by atoms with Crippen LogP contribution in [0.15, 0.2) is 86.6 Å². The molecular weight excluding hydrogens is 472 g/mol. The van der Waals surface area contributed by atoms with E-state index in [0.717, 1.165) is 15.8 Å². The number of halogens is 1. The maximum atomic E-state index is 13.1. The monoisotopic (exact) mass is 488 g/mol. The normalized spacial score (nSPS) is 11.1. The first-order valence-corrected chi connectivity index (χ1v) is 10.8. The minimum absolute atomic E-state index is 0.228. The van der Waals surface area contributed by atoms with Gasteiger partial charge in [0, 0.05) is 15.4 Å². The number of nitrogens with zero attached hydrogens (tertiary/aromatic N) is 4. The molecule has 3 aromatic carbocycles. The Labute approximate surface area is 191 Å². The Balaban J connectivity index is 1.65. The van der Waals surface area contributed by atoms with Crippen molar-refractivity contribution in [3.05, 3.63) is 87.6 Å². The molecule has 5 rings (SSSR count). The molecule has 0 bridgehead atoms. The van der Waals surface area contributed by atoms with Crippen LogP contribution in [-0.2, 0) is 0 Å². The molecule has 5 aromatic rings. The second kappa shape index (κ2) is 8.39. The van der Waals surface area contributed by atoms with Crippen LogP contribution in [0.2, 0.25) is 0 Å². The van der Waals surface area contributed by atoms with E-state index >= 15 is 0 Å². The molecule has 2 heterocycles. The molecular formula is C24H17BrN4O3. The number of aromatic nitrogens is 4. The molecule has 0 saturated carbocycles. The minimum atomic E-state index is -0.228. The summed E-state index contributed by atoms with van der Waals surface area (Å²) >= 11 is 3.45. The molecule has 2 aromatic heterocycles. The van der Waals surface area contributed by atoms with Crippen LogP contribution in [-0.4, -0.2) is 26.5 Å². The Morgan fingerprint density at radius 2 is 1.78 bits per heavy atom. The Morgan fingerprint density at radius 3 is 2.53 bits per heavy atom. The van der Waals surface area contributed by atoms with Crippen molar-refractivity contribution in [1.82, 2.24) is 19.9 Å². The molecule has 0 radical (unpaired) electrons. The molecule has 0 unspecified atom stereocenters. The maximum Gasteiger partial charge on any atom is 0.279 e. The van der Waals surface area contributed by atoms with Gasteiger partial charge >= 0.3 is 0 Å². The van der Waals surface area contributed by atoms with Crippen LogP contribution in [0.4, 0.5) is 0 Å². The van der Waals surface area contributed by atoms with Crippen LogP contribution in [0.5, 0.6) is 5.75 Å². The van der Waals surface area contributed by atoms with Gasteiger partial charge in [0.05, 0.1) is 17.7 Å². The fourth-order valence-electron chi connectivity index (χ4n) is 3.43. The molecule has 0 atom stereocenters. The average Bonchev–Trinajstić information content (AvgIpc) is 3.30. The van der Waals surface area contributed by atoms with Gasteiger partial charge in [-0.05, 0) is 55.5 Å². The summed E-state index contributed by atoms with van der Waals surface area (Å²) in [4.78, 5) is 17.7. The summed E-state index contributed by atoms with van der Waals surface area (Å²) in [6.45, 7) is 2.53. The summed E-state index contributed by atoms with van der Waals surface area (Å²) in [5.41, 5.74) is 1.62. The van der Waals surface area contributed by atoms with E-state index < -0.39 is 0 Å². The van der Waals surface area contributed by atoms with Crippen LogP contribution in [0.1, 0.15) is 6.92 Å². The zero-order valence-electron chi connectivity index (χ0n) is 17.0. The topological polar surface area (TPSA) is 83.0 Å². The first kappa shape index (κ1) is 20.1. The van der Waals surface area contributed by atoms with E-state index in [1.807, 2.05) is 73.7 Å². The summed E-state index contributed by atoms with van der Waals surface area (Å²) in [7, 11) is 0. The fraction of sp³-hybridized carbons (Fsp3) is 0.0833. The van der Waals surface area contributed by atoms with Crippen molar-refractivity contribution in [2.45, 2.75) is 6.92 Å². The first-order valence-electron chi connectivity index (χ1n) is 9.99. The van der Waals surface area contributed by atoms with Crippen molar-refractivity contribution in [1.29, 1.82) is 0 Å². The van der Waals surface area contributed by atoms with Gasteiger partial charge in [0.1, 0.15) is 5.75 Å². The van der Waals surface area contributed by atoms with E-state index in [-0.39, 0.29) is 11.4 Å². The first-order chi connectivity index (χ1) is 15.6. The molecule has 0 aliphatic carbocycles. The van der Waals surface area contributed by atoms with Crippen molar-refractivity contribution in [3.8, 4) is 34.4 Å². The number of hydrogen-bond donors (Lipinski definition) is 0. The Morgan fingerprint density at radius 1 is 1.00 bits per heavy atom. The van der Waals surface area contributed by atoms with Crippen molar-refractivity contribution >= 4 is 26.7 Å². The van der Waals surface area contributed by atoms with Crippen molar-refractivity contribution in [2.24, 2.45) is 0 Å². The third-order valence-electron chi connectivity index (χ3n) is 4.91. The Kier molecular flexibility index (Phi) is 5.28. The molecule has 0 amide bonds. The average molecular weight is 489 g/mol. The molecule has 8 heteroatoms. The van der Waals surface area contributed by atoms with E-state index in [4.69, 9.17) is 9.26 Å². The molecule has 0 aliphatic heterocycles. The lowest BCUT2D eigenvalue weighted by Gasteiger charge is -2.09. The number of rotatable bonds is 5. The van der Waals surface area contributed by atoms with Gasteiger partial charge in [-0.25, -0.2) is 0 Å². The molecule has 0 saturated heterocycles. The lowest BCUT2D eigenvalue weighted by molar-refractivity contribution is 0.340. The quantitative estimate of drug-likeness (QED) is 0.335. The van der Waals surface area contributed by atoms with Crippen molar-refractivity contribution in [2.75, 3.05) is 6.61 Å². The van der Waals surface area contributed by atoms with E-state index in [2.05, 4.69) is 31.2 Å². The second-order valence-electron chi connectivity index (χ2n) is 6.97. The van der Waals surface area contributed by atoms with E-state index in [0.29, 0.717) is 34.6 Å². The van der Waals surface area contributed by atoms with Gasteiger partial charge in [0.25, 0.3) is 11.4 Å². The Bertz CT molecular complexity index is 1480. The number of ether oxygens (including phenoxy) is 1. The fourth-order valence-corrected chi connectivity index (χ4v) is 3.82. The van der Waals surface area contributed by atoms with E-state index in [9.17, 15) is 4.79 Å². The summed E-state index contributed by atoms with van der Waals surface area (Å²) in [5, 5.41) is 9.87. The molecule has 0 fully saturated rings.